The van der Waals surface area contributed by atoms with Gasteiger partial charge in [-0.25, -0.2) is 0 Å². The third-order valence-electron chi connectivity index (χ3n) is 3.92. The summed E-state index contributed by atoms with van der Waals surface area (Å²) in [6.07, 6.45) is -23.1. The first kappa shape index (κ1) is 22.1. The highest BCUT2D eigenvalue weighted by Gasteiger charge is 2.57. The molecule has 1 aliphatic heterocycles. The van der Waals surface area contributed by atoms with Crippen molar-refractivity contribution in [3.63, 3.8) is 0 Å². The number of hydrogen-bond donors (Lipinski definition) is 0. The lowest BCUT2D eigenvalue weighted by molar-refractivity contribution is -0.264. The van der Waals surface area contributed by atoms with Crippen molar-refractivity contribution in [3.8, 4) is 6.07 Å². The molecule has 1 saturated heterocycles. The van der Waals surface area contributed by atoms with Crippen LogP contribution in [0.5, 0.6) is 0 Å². The standard InChI is InChI=1S/C15H11F9N2O2/c1-27-11(14(19,20)21)10-6-26(12(28-10)15(22,23)24)8-3-2-7(5-25)9(4-8)13(16,17)18/h2-4,10-12H,6H2,1H3. The zero-order valence-electron chi connectivity index (χ0n) is 13.8. The summed E-state index contributed by atoms with van der Waals surface area (Å²) in [5.41, 5.74) is -3.06. The van der Waals surface area contributed by atoms with E-state index in [0.717, 1.165) is 6.07 Å². The number of halogens is 9. The molecule has 28 heavy (non-hydrogen) atoms. The summed E-state index contributed by atoms with van der Waals surface area (Å²) in [6.45, 7) is -1.04. The maximum atomic E-state index is 13.3. The Hall–Kier alpha value is -2.20. The van der Waals surface area contributed by atoms with Gasteiger partial charge in [0.25, 0.3) is 0 Å². The van der Waals surface area contributed by atoms with E-state index < -0.39 is 60.3 Å². The van der Waals surface area contributed by atoms with Crippen LogP contribution < -0.4 is 4.90 Å². The smallest absolute Gasteiger partial charge is 0.369 e. The molecule has 1 aromatic rings. The Balaban J connectivity index is 2.49. The van der Waals surface area contributed by atoms with E-state index in [9.17, 15) is 39.5 Å². The summed E-state index contributed by atoms with van der Waals surface area (Å²) >= 11 is 0. The maximum Gasteiger partial charge on any atom is 0.433 e. The second kappa shape index (κ2) is 7.32. The van der Waals surface area contributed by atoms with Gasteiger partial charge in [-0.15, -0.1) is 0 Å². The van der Waals surface area contributed by atoms with E-state index in [1.165, 1.54) is 6.07 Å². The third kappa shape index (κ3) is 4.44. The van der Waals surface area contributed by atoms with Crippen LogP contribution in [0.1, 0.15) is 11.1 Å². The zero-order valence-corrected chi connectivity index (χ0v) is 13.8. The molecule has 1 aromatic carbocycles. The normalized spacial score (nSPS) is 22.2. The minimum absolute atomic E-state index is 0.221. The second-order valence-electron chi connectivity index (χ2n) is 5.76. The van der Waals surface area contributed by atoms with Gasteiger partial charge in [-0.3, -0.25) is 0 Å². The molecule has 2 rings (SSSR count). The number of methoxy groups -OCH3 is 1. The third-order valence-corrected chi connectivity index (χ3v) is 3.92. The molecule has 3 atom stereocenters. The minimum atomic E-state index is -5.20. The highest BCUT2D eigenvalue weighted by molar-refractivity contribution is 5.56. The van der Waals surface area contributed by atoms with Crippen molar-refractivity contribution >= 4 is 5.69 Å². The van der Waals surface area contributed by atoms with Gasteiger partial charge in [0, 0.05) is 12.8 Å². The fourth-order valence-corrected chi connectivity index (χ4v) is 2.77. The highest BCUT2D eigenvalue weighted by Crippen LogP contribution is 2.41. The summed E-state index contributed by atoms with van der Waals surface area (Å²) in [7, 11) is 0.621. The minimum Gasteiger partial charge on any atom is -0.369 e. The van der Waals surface area contributed by atoms with Crippen molar-refractivity contribution in [2.75, 3.05) is 18.6 Å². The van der Waals surface area contributed by atoms with Gasteiger partial charge in [0.1, 0.15) is 6.10 Å². The molecule has 1 heterocycles. The second-order valence-corrected chi connectivity index (χ2v) is 5.76. The van der Waals surface area contributed by atoms with Crippen molar-refractivity contribution in [2.45, 2.75) is 37.0 Å². The molecule has 0 spiro atoms. The van der Waals surface area contributed by atoms with Gasteiger partial charge in [0.05, 0.1) is 23.7 Å². The number of ether oxygens (including phenoxy) is 2. The summed E-state index contributed by atoms with van der Waals surface area (Å²) in [4.78, 5) is 0.221. The largest absolute Gasteiger partial charge is 0.433 e. The van der Waals surface area contributed by atoms with E-state index in [-0.39, 0.29) is 11.0 Å². The van der Waals surface area contributed by atoms with Crippen LogP contribution in [0.4, 0.5) is 45.2 Å². The van der Waals surface area contributed by atoms with E-state index >= 15 is 0 Å². The van der Waals surface area contributed by atoms with Gasteiger partial charge in [0.15, 0.2) is 6.10 Å². The van der Waals surface area contributed by atoms with Gasteiger partial charge < -0.3 is 14.4 Å². The van der Waals surface area contributed by atoms with E-state index in [4.69, 9.17) is 5.26 Å². The number of hydrogen-bond acceptors (Lipinski definition) is 4. The summed E-state index contributed by atoms with van der Waals surface area (Å²) in [6, 6.07) is 2.93. The Morgan fingerprint density at radius 1 is 1.14 bits per heavy atom. The van der Waals surface area contributed by atoms with Crippen molar-refractivity contribution in [3.05, 3.63) is 29.3 Å². The van der Waals surface area contributed by atoms with Crippen LogP contribution in [0.3, 0.4) is 0 Å². The Kier molecular flexibility index (Phi) is 5.78. The molecule has 0 aromatic heterocycles. The molecule has 4 nitrogen and oxygen atoms in total. The first-order valence-corrected chi connectivity index (χ1v) is 7.39. The number of nitrogens with zero attached hydrogens (tertiary/aromatic N) is 2. The number of nitriles is 1. The van der Waals surface area contributed by atoms with Gasteiger partial charge in [-0.05, 0) is 18.2 Å². The van der Waals surface area contributed by atoms with E-state index in [0.29, 0.717) is 13.2 Å². The predicted octanol–water partition coefficient (Wildman–Crippen LogP) is 4.25. The van der Waals surface area contributed by atoms with Crippen LogP contribution >= 0.6 is 0 Å². The molecule has 13 heteroatoms. The van der Waals surface area contributed by atoms with Crippen LogP contribution in [0.15, 0.2) is 18.2 Å². The molecular formula is C15H11F9N2O2. The summed E-state index contributed by atoms with van der Waals surface area (Å²) in [5.74, 6) is 0. The summed E-state index contributed by atoms with van der Waals surface area (Å²) in [5, 5.41) is 8.75. The van der Waals surface area contributed by atoms with Crippen LogP contribution in [-0.2, 0) is 15.7 Å². The molecular weight excluding hydrogens is 411 g/mol. The quantitative estimate of drug-likeness (QED) is 0.684. The molecule has 1 aliphatic rings. The number of benzene rings is 1. The van der Waals surface area contributed by atoms with Crippen LogP contribution in [0.2, 0.25) is 0 Å². The van der Waals surface area contributed by atoms with Gasteiger partial charge in [-0.1, -0.05) is 0 Å². The SMILES string of the molecule is COC(C1CN(c2ccc(C#N)c(C(F)(F)F)c2)C(C(F)(F)F)O1)C(F)(F)F. The van der Waals surface area contributed by atoms with Crippen molar-refractivity contribution in [2.24, 2.45) is 0 Å². The highest BCUT2D eigenvalue weighted by atomic mass is 19.4. The number of alkyl halides is 9. The molecule has 0 aliphatic carbocycles. The van der Waals surface area contributed by atoms with Crippen LogP contribution in [-0.4, -0.2) is 44.4 Å². The van der Waals surface area contributed by atoms with Gasteiger partial charge in [-0.2, -0.15) is 44.8 Å². The Bertz CT molecular complexity index is 752. The predicted molar refractivity (Wildman–Crippen MR) is 75.1 cm³/mol. The van der Waals surface area contributed by atoms with Crippen LogP contribution in [0, 0.1) is 11.3 Å². The monoisotopic (exact) mass is 422 g/mol. The Labute approximate surface area is 152 Å². The average Bonchev–Trinajstić information content (AvgIpc) is 2.97. The lowest BCUT2D eigenvalue weighted by Crippen LogP contribution is -2.43. The lowest BCUT2D eigenvalue weighted by Gasteiger charge is -2.27. The molecule has 1 fully saturated rings. The fraction of sp³-hybridized carbons (Fsp3) is 0.533. The van der Waals surface area contributed by atoms with E-state index in [2.05, 4.69) is 9.47 Å². The van der Waals surface area contributed by atoms with Gasteiger partial charge in [0.2, 0.25) is 6.23 Å². The first-order chi connectivity index (χ1) is 12.7. The number of anilines is 1. The number of rotatable bonds is 3. The zero-order chi connectivity index (χ0) is 21.5. The lowest BCUT2D eigenvalue weighted by atomic mass is 10.1. The molecule has 0 radical (unpaired) electrons. The Morgan fingerprint density at radius 3 is 2.18 bits per heavy atom. The summed E-state index contributed by atoms with van der Waals surface area (Å²) < 4.78 is 126. The molecule has 0 amide bonds. The fourth-order valence-electron chi connectivity index (χ4n) is 2.77. The van der Waals surface area contributed by atoms with E-state index in [1.54, 1.807) is 0 Å². The molecule has 0 saturated carbocycles. The molecule has 156 valence electrons. The van der Waals surface area contributed by atoms with E-state index in [1.807, 2.05) is 0 Å². The van der Waals surface area contributed by atoms with Crippen LogP contribution in [0.25, 0.3) is 0 Å². The van der Waals surface area contributed by atoms with Crippen molar-refractivity contribution < 1.29 is 49.0 Å². The van der Waals surface area contributed by atoms with Gasteiger partial charge >= 0.3 is 18.5 Å². The maximum absolute atomic E-state index is 13.3. The topological polar surface area (TPSA) is 45.5 Å². The molecule has 0 N–H and O–H groups in total. The Morgan fingerprint density at radius 2 is 1.75 bits per heavy atom. The average molecular weight is 422 g/mol. The molecule has 0 bridgehead atoms. The van der Waals surface area contributed by atoms with Crippen molar-refractivity contribution in [1.29, 1.82) is 5.26 Å². The van der Waals surface area contributed by atoms with Crippen molar-refractivity contribution in [1.82, 2.24) is 0 Å². The molecule has 3 unspecified atom stereocenters. The first-order valence-electron chi connectivity index (χ1n) is 7.39.